The van der Waals surface area contributed by atoms with Gasteiger partial charge in [0.1, 0.15) is 10.7 Å². The first-order valence-corrected chi connectivity index (χ1v) is 14.5. The summed E-state index contributed by atoms with van der Waals surface area (Å²) in [6, 6.07) is 19.1. The molecule has 0 aliphatic heterocycles. The van der Waals surface area contributed by atoms with Gasteiger partial charge in [0.15, 0.2) is 10.9 Å². The van der Waals surface area contributed by atoms with Gasteiger partial charge >= 0.3 is 0 Å². The molecule has 11 heteroatoms. The number of nitrogens with one attached hydrogen (secondary N) is 1. The number of aryl methyl sites for hydroxylation is 1. The van der Waals surface area contributed by atoms with Gasteiger partial charge in [0.2, 0.25) is 5.82 Å². The predicted molar refractivity (Wildman–Crippen MR) is 152 cm³/mol. The molecule has 0 saturated heterocycles. The highest BCUT2D eigenvalue weighted by Gasteiger charge is 2.21. The van der Waals surface area contributed by atoms with E-state index in [0.717, 1.165) is 17.8 Å². The molecule has 38 heavy (non-hydrogen) atoms. The fraction of sp³-hybridized carbons (Fsp3) is 0.185. The lowest BCUT2D eigenvalue weighted by Crippen LogP contribution is -2.33. The summed E-state index contributed by atoms with van der Waals surface area (Å²) >= 11 is 15.5. The van der Waals surface area contributed by atoms with Gasteiger partial charge in [-0.25, -0.2) is 4.98 Å². The van der Waals surface area contributed by atoms with E-state index in [9.17, 15) is 4.79 Å². The molecule has 2 aromatic carbocycles. The van der Waals surface area contributed by atoms with Gasteiger partial charge in [-0.1, -0.05) is 65.3 Å². The minimum Gasteiger partial charge on any atom is -0.461 e. The largest absolute Gasteiger partial charge is 0.461 e. The summed E-state index contributed by atoms with van der Waals surface area (Å²) in [7, 11) is 0. The van der Waals surface area contributed by atoms with Crippen LogP contribution in [0.15, 0.2) is 81.9 Å². The van der Waals surface area contributed by atoms with Crippen molar-refractivity contribution < 1.29 is 9.21 Å². The Kier molecular flexibility index (Phi) is 8.48. The molecule has 0 radical (unpaired) electrons. The molecule has 5 rings (SSSR count). The van der Waals surface area contributed by atoms with Crippen LogP contribution in [0.1, 0.15) is 34.4 Å². The molecule has 1 atom stereocenters. The second kappa shape index (κ2) is 12.2. The summed E-state index contributed by atoms with van der Waals surface area (Å²) in [5, 5.41) is 15.9. The second-order valence-electron chi connectivity index (χ2n) is 8.53. The number of thiazole rings is 1. The first-order valence-electron chi connectivity index (χ1n) is 11.8. The fourth-order valence-electron chi connectivity index (χ4n) is 3.81. The zero-order valence-corrected chi connectivity index (χ0v) is 23.4. The van der Waals surface area contributed by atoms with Crippen molar-refractivity contribution in [2.75, 3.05) is 0 Å². The van der Waals surface area contributed by atoms with E-state index in [0.29, 0.717) is 43.9 Å². The Morgan fingerprint density at radius 1 is 1.13 bits per heavy atom. The molecule has 3 heterocycles. The summed E-state index contributed by atoms with van der Waals surface area (Å²) in [5.74, 6) is 1.41. The molecule has 0 aliphatic rings. The van der Waals surface area contributed by atoms with Crippen molar-refractivity contribution >= 4 is 52.2 Å². The van der Waals surface area contributed by atoms with Crippen molar-refractivity contribution in [1.82, 2.24) is 25.1 Å². The number of amides is 1. The molecule has 1 amide bonds. The molecule has 3 aromatic heterocycles. The smallest absolute Gasteiger partial charge is 0.270 e. The monoisotopic (exact) mass is 583 g/mol. The molecule has 1 unspecified atom stereocenters. The third-order valence-electron chi connectivity index (χ3n) is 5.72. The highest BCUT2D eigenvalue weighted by Crippen LogP contribution is 2.34. The van der Waals surface area contributed by atoms with Crippen LogP contribution < -0.4 is 5.32 Å². The van der Waals surface area contributed by atoms with Gasteiger partial charge in [0.25, 0.3) is 5.91 Å². The van der Waals surface area contributed by atoms with Crippen LogP contribution in [0.25, 0.3) is 17.3 Å². The lowest BCUT2D eigenvalue weighted by Gasteiger charge is -2.13. The quantitative estimate of drug-likeness (QED) is 0.173. The lowest BCUT2D eigenvalue weighted by molar-refractivity contribution is 0.0934. The first kappa shape index (κ1) is 26.5. The molecule has 0 spiro atoms. The molecule has 0 saturated carbocycles. The Hall–Kier alpha value is -3.11. The van der Waals surface area contributed by atoms with Gasteiger partial charge in [0, 0.05) is 16.4 Å². The van der Waals surface area contributed by atoms with Crippen LogP contribution in [0.3, 0.4) is 0 Å². The number of furan rings is 1. The number of hydrogen-bond acceptors (Lipinski definition) is 7. The number of halogens is 2. The van der Waals surface area contributed by atoms with Crippen LogP contribution in [0.5, 0.6) is 0 Å². The standard InChI is InChI=1S/C27H23Cl2N5O2S2/c1-17(9-10-18-6-3-2-4-7-18)30-26(35)21-15-37-24(31-21)16-38-27-33-32-25(23-8-5-13-36-23)34(27)22-12-11-19(28)14-20(22)29/h2-8,11-15,17H,9-10,16H2,1H3,(H,30,35). The number of rotatable bonds is 10. The zero-order valence-electron chi connectivity index (χ0n) is 20.3. The average Bonchev–Trinajstić information content (AvgIpc) is 3.68. The fourth-order valence-corrected chi connectivity index (χ4v) is 6.04. The van der Waals surface area contributed by atoms with E-state index in [4.69, 9.17) is 27.6 Å². The molecule has 0 bridgehead atoms. The van der Waals surface area contributed by atoms with Crippen molar-refractivity contribution in [2.24, 2.45) is 0 Å². The van der Waals surface area contributed by atoms with E-state index in [-0.39, 0.29) is 11.9 Å². The maximum Gasteiger partial charge on any atom is 0.270 e. The van der Waals surface area contributed by atoms with E-state index >= 15 is 0 Å². The first-order chi connectivity index (χ1) is 18.5. The van der Waals surface area contributed by atoms with Crippen molar-refractivity contribution in [3.05, 3.63) is 98.6 Å². The van der Waals surface area contributed by atoms with E-state index in [1.165, 1.54) is 28.7 Å². The van der Waals surface area contributed by atoms with Gasteiger partial charge in [-0.2, -0.15) is 0 Å². The van der Waals surface area contributed by atoms with E-state index < -0.39 is 0 Å². The number of carbonyl (C=O) groups excluding carboxylic acids is 1. The molecule has 0 fully saturated rings. The number of carbonyl (C=O) groups is 1. The highest BCUT2D eigenvalue weighted by atomic mass is 35.5. The molecule has 7 nitrogen and oxygen atoms in total. The molecule has 5 aromatic rings. The summed E-state index contributed by atoms with van der Waals surface area (Å²) in [6.07, 6.45) is 3.33. The topological polar surface area (TPSA) is 85.8 Å². The summed E-state index contributed by atoms with van der Waals surface area (Å²) in [5.41, 5.74) is 2.35. The van der Waals surface area contributed by atoms with E-state index in [1.54, 1.807) is 29.8 Å². The predicted octanol–water partition coefficient (Wildman–Crippen LogP) is 7.33. The van der Waals surface area contributed by atoms with Gasteiger partial charge in [-0.3, -0.25) is 9.36 Å². The molecular formula is C27H23Cl2N5O2S2. The molecule has 194 valence electrons. The Labute approximate surface area is 238 Å². The maximum absolute atomic E-state index is 12.8. The molecule has 1 N–H and O–H groups in total. The van der Waals surface area contributed by atoms with E-state index in [1.807, 2.05) is 41.8 Å². The summed E-state index contributed by atoms with van der Waals surface area (Å²) < 4.78 is 7.40. The molecular weight excluding hydrogens is 561 g/mol. The average molecular weight is 585 g/mol. The van der Waals surface area contributed by atoms with E-state index in [2.05, 4.69) is 32.6 Å². The minimum atomic E-state index is -0.172. The van der Waals surface area contributed by atoms with Crippen LogP contribution >= 0.6 is 46.3 Å². The van der Waals surface area contributed by atoms with Crippen LogP contribution in [-0.2, 0) is 12.2 Å². The Morgan fingerprint density at radius 3 is 2.74 bits per heavy atom. The maximum atomic E-state index is 12.8. The van der Waals surface area contributed by atoms with Crippen molar-refractivity contribution in [1.29, 1.82) is 0 Å². The minimum absolute atomic E-state index is 0.0323. The number of nitrogens with zero attached hydrogens (tertiary/aromatic N) is 4. The summed E-state index contributed by atoms with van der Waals surface area (Å²) in [4.78, 5) is 17.3. The van der Waals surface area contributed by atoms with Gasteiger partial charge < -0.3 is 9.73 Å². The van der Waals surface area contributed by atoms with Crippen molar-refractivity contribution in [3.8, 4) is 17.3 Å². The van der Waals surface area contributed by atoms with Crippen LogP contribution in [0, 0.1) is 0 Å². The van der Waals surface area contributed by atoms with Crippen molar-refractivity contribution in [3.63, 3.8) is 0 Å². The second-order valence-corrected chi connectivity index (χ2v) is 11.3. The number of thioether (sulfide) groups is 1. The third kappa shape index (κ3) is 6.30. The van der Waals surface area contributed by atoms with Gasteiger partial charge in [0.05, 0.1) is 22.7 Å². The lowest BCUT2D eigenvalue weighted by atomic mass is 10.1. The Bertz CT molecular complexity index is 1520. The van der Waals surface area contributed by atoms with Crippen molar-refractivity contribution in [2.45, 2.75) is 36.7 Å². The number of aromatic nitrogens is 4. The van der Waals surface area contributed by atoms with Crippen LogP contribution in [-0.4, -0.2) is 31.7 Å². The van der Waals surface area contributed by atoms with Crippen LogP contribution in [0.4, 0.5) is 0 Å². The SMILES string of the molecule is CC(CCc1ccccc1)NC(=O)c1csc(CSc2nnc(-c3ccco3)n2-c2ccc(Cl)cc2Cl)n1. The zero-order chi connectivity index (χ0) is 26.5. The van der Waals surface area contributed by atoms with Gasteiger partial charge in [-0.15, -0.1) is 21.5 Å². The highest BCUT2D eigenvalue weighted by molar-refractivity contribution is 7.98. The van der Waals surface area contributed by atoms with Crippen LogP contribution in [0.2, 0.25) is 10.0 Å². The Balaban J connectivity index is 1.26. The Morgan fingerprint density at radius 2 is 1.97 bits per heavy atom. The third-order valence-corrected chi connectivity index (χ3v) is 8.23. The normalized spacial score (nSPS) is 12.0. The number of hydrogen-bond donors (Lipinski definition) is 1. The summed E-state index contributed by atoms with van der Waals surface area (Å²) in [6.45, 7) is 2.01. The molecule has 0 aliphatic carbocycles. The van der Waals surface area contributed by atoms with Gasteiger partial charge in [-0.05, 0) is 55.7 Å². The number of benzene rings is 2.